The highest BCUT2D eigenvalue weighted by atomic mass is 79.9. The molecule has 1 aromatic carbocycles. The van der Waals surface area contributed by atoms with Crippen molar-refractivity contribution in [3.63, 3.8) is 0 Å². The summed E-state index contributed by atoms with van der Waals surface area (Å²) in [6.07, 6.45) is -7.96. The highest BCUT2D eigenvalue weighted by Gasteiger charge is 2.43. The van der Waals surface area contributed by atoms with Crippen molar-refractivity contribution in [2.45, 2.75) is 18.3 Å². The molecule has 0 saturated carbocycles. The first-order chi connectivity index (χ1) is 8.55. The Hall–Kier alpha value is -1.39. The summed E-state index contributed by atoms with van der Waals surface area (Å²) >= 11 is 2.76. The zero-order valence-corrected chi connectivity index (χ0v) is 10.6. The van der Waals surface area contributed by atoms with Gasteiger partial charge in [0.1, 0.15) is 5.75 Å². The van der Waals surface area contributed by atoms with Gasteiger partial charge < -0.3 is 15.9 Å². The van der Waals surface area contributed by atoms with Gasteiger partial charge >= 0.3 is 6.18 Å². The van der Waals surface area contributed by atoms with Gasteiger partial charge in [-0.3, -0.25) is 10.1 Å². The van der Waals surface area contributed by atoms with Gasteiger partial charge in [-0.15, -0.1) is 0 Å². The number of phenols is 1. The summed E-state index contributed by atoms with van der Waals surface area (Å²) in [6, 6.07) is -0.457. The molecule has 0 unspecified atom stereocenters. The monoisotopic (exact) mass is 344 g/mol. The second-order valence-corrected chi connectivity index (χ2v) is 4.49. The molecular formula is C9H8BrF3N2O4. The van der Waals surface area contributed by atoms with E-state index in [-0.39, 0.29) is 4.47 Å². The number of aliphatic hydroxyl groups excluding tert-OH is 1. The van der Waals surface area contributed by atoms with Crippen LogP contribution in [0.5, 0.6) is 5.75 Å². The molecule has 10 heteroatoms. The van der Waals surface area contributed by atoms with E-state index in [1.807, 2.05) is 0 Å². The number of nitrogens with two attached hydrogens (primary N) is 1. The summed E-state index contributed by atoms with van der Waals surface area (Å²) < 4.78 is 36.8. The van der Waals surface area contributed by atoms with Gasteiger partial charge in [0.25, 0.3) is 5.69 Å². The van der Waals surface area contributed by atoms with Crippen LogP contribution >= 0.6 is 15.9 Å². The van der Waals surface area contributed by atoms with Gasteiger partial charge in [0.05, 0.1) is 15.4 Å². The third kappa shape index (κ3) is 3.33. The minimum absolute atomic E-state index is 0.193. The van der Waals surface area contributed by atoms with Crippen LogP contribution in [0.2, 0.25) is 0 Å². The van der Waals surface area contributed by atoms with Gasteiger partial charge in [-0.05, 0) is 15.9 Å². The molecule has 2 atom stereocenters. The fourth-order valence-electron chi connectivity index (χ4n) is 1.34. The number of halogens is 4. The SMILES string of the molecule is N[C@H](c1cc([N+](=O)[O-])cc(Br)c1O)[C@@H](O)C(F)(F)F. The summed E-state index contributed by atoms with van der Waals surface area (Å²) in [6.45, 7) is 0. The minimum Gasteiger partial charge on any atom is -0.506 e. The predicted molar refractivity (Wildman–Crippen MR) is 61.5 cm³/mol. The minimum atomic E-state index is -5.01. The maximum absolute atomic E-state index is 12.3. The molecule has 1 aromatic rings. The maximum atomic E-state index is 12.3. The van der Waals surface area contributed by atoms with Crippen molar-refractivity contribution in [1.29, 1.82) is 0 Å². The molecule has 0 bridgehead atoms. The van der Waals surface area contributed by atoms with Crippen LogP contribution in [0.25, 0.3) is 0 Å². The maximum Gasteiger partial charge on any atom is 0.416 e. The van der Waals surface area contributed by atoms with Crippen LogP contribution in [0.1, 0.15) is 11.6 Å². The van der Waals surface area contributed by atoms with Crippen molar-refractivity contribution in [2.24, 2.45) is 5.73 Å². The van der Waals surface area contributed by atoms with Crippen molar-refractivity contribution in [3.8, 4) is 5.75 Å². The van der Waals surface area contributed by atoms with Crippen LogP contribution in [0.15, 0.2) is 16.6 Å². The number of rotatable bonds is 3. The smallest absolute Gasteiger partial charge is 0.416 e. The van der Waals surface area contributed by atoms with Crippen LogP contribution < -0.4 is 5.73 Å². The molecule has 0 aliphatic rings. The molecule has 106 valence electrons. The molecule has 0 saturated heterocycles. The highest BCUT2D eigenvalue weighted by molar-refractivity contribution is 9.10. The molecule has 1 rings (SSSR count). The molecule has 4 N–H and O–H groups in total. The first kappa shape index (κ1) is 15.7. The molecular weight excluding hydrogens is 337 g/mol. The second kappa shape index (κ2) is 5.31. The third-order valence-corrected chi connectivity index (χ3v) is 2.93. The van der Waals surface area contributed by atoms with E-state index in [0.29, 0.717) is 6.07 Å². The molecule has 0 radical (unpaired) electrons. The number of aliphatic hydroxyl groups is 1. The lowest BCUT2D eigenvalue weighted by Gasteiger charge is -2.22. The number of hydrogen-bond donors (Lipinski definition) is 3. The van der Waals surface area contributed by atoms with E-state index in [1.54, 1.807) is 0 Å². The molecule has 0 amide bonds. The van der Waals surface area contributed by atoms with Crippen LogP contribution in [-0.2, 0) is 0 Å². The normalized spacial score (nSPS) is 15.1. The van der Waals surface area contributed by atoms with Crippen molar-refractivity contribution in [1.82, 2.24) is 0 Å². The van der Waals surface area contributed by atoms with E-state index in [2.05, 4.69) is 15.9 Å². The number of phenolic OH excluding ortho intramolecular Hbond substituents is 1. The quantitative estimate of drug-likeness (QED) is 0.573. The van der Waals surface area contributed by atoms with Gasteiger partial charge in [0.15, 0.2) is 6.10 Å². The topological polar surface area (TPSA) is 110 Å². The van der Waals surface area contributed by atoms with Crippen LogP contribution in [-0.4, -0.2) is 27.4 Å². The van der Waals surface area contributed by atoms with E-state index in [1.165, 1.54) is 0 Å². The van der Waals surface area contributed by atoms with E-state index in [0.717, 1.165) is 6.07 Å². The zero-order valence-electron chi connectivity index (χ0n) is 9.06. The average Bonchev–Trinajstić information content (AvgIpc) is 2.29. The lowest BCUT2D eigenvalue weighted by Crippen LogP contribution is -2.38. The largest absolute Gasteiger partial charge is 0.506 e. The number of nitrogens with zero attached hydrogens (tertiary/aromatic N) is 1. The zero-order chi connectivity index (χ0) is 15.0. The first-order valence-corrected chi connectivity index (χ1v) is 5.52. The fourth-order valence-corrected chi connectivity index (χ4v) is 1.80. The number of non-ortho nitro benzene ring substituents is 1. The summed E-state index contributed by atoms with van der Waals surface area (Å²) in [5.74, 6) is -0.693. The Morgan fingerprint density at radius 3 is 2.37 bits per heavy atom. The molecule has 6 nitrogen and oxygen atoms in total. The van der Waals surface area contributed by atoms with Gasteiger partial charge in [-0.25, -0.2) is 0 Å². The van der Waals surface area contributed by atoms with Crippen LogP contribution in [0.4, 0.5) is 18.9 Å². The van der Waals surface area contributed by atoms with Crippen LogP contribution in [0.3, 0.4) is 0 Å². The van der Waals surface area contributed by atoms with Crippen molar-refractivity contribution in [3.05, 3.63) is 32.3 Å². The molecule has 19 heavy (non-hydrogen) atoms. The Bertz CT molecular complexity index is 509. The van der Waals surface area contributed by atoms with Crippen molar-refractivity contribution >= 4 is 21.6 Å². The highest BCUT2D eigenvalue weighted by Crippen LogP contribution is 2.38. The van der Waals surface area contributed by atoms with Gasteiger partial charge in [-0.2, -0.15) is 13.2 Å². The first-order valence-electron chi connectivity index (χ1n) is 4.73. The molecule has 0 aliphatic heterocycles. The Kier molecular flexibility index (Phi) is 4.38. The summed E-state index contributed by atoms with van der Waals surface area (Å²) in [4.78, 5) is 9.72. The lowest BCUT2D eigenvalue weighted by molar-refractivity contribution is -0.385. The van der Waals surface area contributed by atoms with E-state index in [9.17, 15) is 28.4 Å². The summed E-state index contributed by atoms with van der Waals surface area (Å²) in [5, 5.41) is 29.2. The van der Waals surface area contributed by atoms with Gasteiger partial charge in [-0.1, -0.05) is 0 Å². The Labute approximate surface area is 112 Å². The molecule has 0 fully saturated rings. The Balaban J connectivity index is 3.30. The summed E-state index contributed by atoms with van der Waals surface area (Å²) in [5.41, 5.74) is 4.05. The molecule has 0 spiro atoms. The lowest BCUT2D eigenvalue weighted by atomic mass is 10.0. The third-order valence-electron chi connectivity index (χ3n) is 2.32. The van der Waals surface area contributed by atoms with Gasteiger partial charge in [0.2, 0.25) is 0 Å². The van der Waals surface area contributed by atoms with Crippen molar-refractivity contribution < 1.29 is 28.3 Å². The standard InChI is InChI=1S/C9H8BrF3N2O4/c10-5-2-3(15(18)19)1-4(7(5)16)6(14)8(17)9(11,12)13/h1-2,6,8,16-17H,14H2/t6-,8-/m1/s1. The van der Waals surface area contributed by atoms with Crippen LogP contribution in [0, 0.1) is 10.1 Å². The van der Waals surface area contributed by atoms with E-state index >= 15 is 0 Å². The number of alkyl halides is 3. The number of nitro benzene ring substituents is 1. The number of aromatic hydroxyl groups is 1. The fraction of sp³-hybridized carbons (Fsp3) is 0.333. The van der Waals surface area contributed by atoms with Crippen molar-refractivity contribution in [2.75, 3.05) is 0 Å². The second-order valence-electron chi connectivity index (χ2n) is 3.63. The molecule has 0 aliphatic carbocycles. The number of nitro groups is 1. The van der Waals surface area contributed by atoms with E-state index < -0.39 is 40.2 Å². The Morgan fingerprint density at radius 1 is 1.42 bits per heavy atom. The molecule has 0 aromatic heterocycles. The number of benzene rings is 1. The average molecular weight is 345 g/mol. The van der Waals surface area contributed by atoms with Gasteiger partial charge in [0, 0.05) is 17.7 Å². The van der Waals surface area contributed by atoms with E-state index in [4.69, 9.17) is 10.8 Å². The summed E-state index contributed by atoms with van der Waals surface area (Å²) in [7, 11) is 0. The predicted octanol–water partition coefficient (Wildman–Crippen LogP) is 1.99. The molecule has 0 heterocycles. The number of hydrogen-bond acceptors (Lipinski definition) is 5. The Morgan fingerprint density at radius 2 is 1.95 bits per heavy atom.